The highest BCUT2D eigenvalue weighted by Crippen LogP contribution is 2.43. The fraction of sp³-hybridized carbons (Fsp3) is 1.00. The maximum absolute atomic E-state index is 11.4. The number of hydrogen-bond donors (Lipinski definition) is 0. The normalized spacial score (nSPS) is 44.2. The van der Waals surface area contributed by atoms with Crippen LogP contribution in [0, 0.1) is 5.92 Å². The molecule has 1 aliphatic heterocycles. The zero-order valence-electron chi connectivity index (χ0n) is 7.86. The second kappa shape index (κ2) is 3.71. The second-order valence-corrected chi connectivity index (χ2v) is 8.45. The minimum Gasteiger partial charge on any atom is -0.212 e. The van der Waals surface area contributed by atoms with Crippen LogP contribution >= 0.6 is 31.9 Å². The maximum atomic E-state index is 11.4. The summed E-state index contributed by atoms with van der Waals surface area (Å²) in [6, 6.07) is 0.239. The van der Waals surface area contributed by atoms with Crippen LogP contribution in [0.2, 0.25) is 0 Å². The molecule has 1 saturated heterocycles. The van der Waals surface area contributed by atoms with Crippen LogP contribution in [0.25, 0.3) is 0 Å². The Morgan fingerprint density at radius 2 is 1.79 bits per heavy atom. The molecule has 1 heterocycles. The largest absolute Gasteiger partial charge is 0.212 e. The van der Waals surface area contributed by atoms with Gasteiger partial charge < -0.3 is 0 Å². The molecule has 14 heavy (non-hydrogen) atoms. The van der Waals surface area contributed by atoms with Gasteiger partial charge in [-0.05, 0) is 18.8 Å². The molecule has 4 atom stereocenters. The molecule has 0 bridgehead atoms. The molecule has 1 saturated carbocycles. The van der Waals surface area contributed by atoms with Crippen molar-refractivity contribution in [3.63, 3.8) is 0 Å². The summed E-state index contributed by atoms with van der Waals surface area (Å²) in [5, 5.41) is 0. The summed E-state index contributed by atoms with van der Waals surface area (Å²) in [6.45, 7) is 0.714. The number of sulfonamides is 1. The van der Waals surface area contributed by atoms with Crippen LogP contribution in [-0.4, -0.2) is 41.2 Å². The lowest BCUT2D eigenvalue weighted by Crippen LogP contribution is -2.62. The highest BCUT2D eigenvalue weighted by Gasteiger charge is 2.48. The van der Waals surface area contributed by atoms with E-state index in [1.54, 1.807) is 4.31 Å². The van der Waals surface area contributed by atoms with Crippen LogP contribution in [0.1, 0.15) is 12.8 Å². The third kappa shape index (κ3) is 1.90. The summed E-state index contributed by atoms with van der Waals surface area (Å²) in [5.74, 6) is 0.558. The zero-order chi connectivity index (χ0) is 10.5. The van der Waals surface area contributed by atoms with Crippen LogP contribution in [0.15, 0.2) is 0 Å². The van der Waals surface area contributed by atoms with E-state index in [9.17, 15) is 8.42 Å². The van der Waals surface area contributed by atoms with E-state index in [-0.39, 0.29) is 6.04 Å². The number of hydrogen-bond acceptors (Lipinski definition) is 2. The molecule has 0 radical (unpaired) electrons. The van der Waals surface area contributed by atoms with Gasteiger partial charge in [-0.2, -0.15) is 4.31 Å². The van der Waals surface area contributed by atoms with E-state index in [0.29, 0.717) is 22.1 Å². The van der Waals surface area contributed by atoms with Crippen LogP contribution in [0.3, 0.4) is 0 Å². The number of halogens is 2. The summed E-state index contributed by atoms with van der Waals surface area (Å²) in [7, 11) is -2.98. The molecule has 1 aliphatic carbocycles. The van der Waals surface area contributed by atoms with Crippen molar-refractivity contribution >= 4 is 41.9 Å². The molecule has 0 aromatic heterocycles. The Balaban J connectivity index is 2.07. The van der Waals surface area contributed by atoms with Gasteiger partial charge in [-0.25, -0.2) is 8.42 Å². The average Bonchev–Trinajstić information content (AvgIpc) is 2.01. The average molecular weight is 347 g/mol. The molecule has 0 unspecified atom stereocenters. The number of rotatable bonds is 1. The summed E-state index contributed by atoms with van der Waals surface area (Å²) >= 11 is 7.19. The molecule has 0 amide bonds. The standard InChI is InChI=1S/C8H13Br2NO2S/c1-14(12,13)11-4-5-2-6(9)7(10)3-8(5)11/h5-8H,2-4H2,1H3/t5-,6-,7+,8-/m0/s1. The zero-order valence-corrected chi connectivity index (χ0v) is 11.8. The summed E-state index contributed by atoms with van der Waals surface area (Å²) < 4.78 is 24.3. The Kier molecular flexibility index (Phi) is 3.01. The van der Waals surface area contributed by atoms with Gasteiger partial charge in [0.15, 0.2) is 0 Å². The summed E-state index contributed by atoms with van der Waals surface area (Å²) in [5.41, 5.74) is 0. The minimum absolute atomic E-state index is 0.239. The number of alkyl halides is 2. The molecule has 0 spiro atoms. The van der Waals surface area contributed by atoms with Gasteiger partial charge in [0.2, 0.25) is 10.0 Å². The maximum Gasteiger partial charge on any atom is 0.211 e. The molecule has 3 nitrogen and oxygen atoms in total. The Labute approximate surface area is 102 Å². The predicted molar refractivity (Wildman–Crippen MR) is 63.5 cm³/mol. The molecule has 82 valence electrons. The highest BCUT2D eigenvalue weighted by atomic mass is 79.9. The van der Waals surface area contributed by atoms with E-state index in [2.05, 4.69) is 31.9 Å². The van der Waals surface area contributed by atoms with E-state index in [1.165, 1.54) is 6.26 Å². The first-order valence-electron chi connectivity index (χ1n) is 4.64. The van der Waals surface area contributed by atoms with E-state index in [0.717, 1.165) is 12.8 Å². The van der Waals surface area contributed by atoms with Gasteiger partial charge in [0.05, 0.1) is 6.26 Å². The fourth-order valence-electron chi connectivity index (χ4n) is 2.32. The van der Waals surface area contributed by atoms with Gasteiger partial charge in [-0.15, -0.1) is 0 Å². The molecule has 6 heteroatoms. The topological polar surface area (TPSA) is 37.4 Å². The van der Waals surface area contributed by atoms with E-state index in [1.807, 2.05) is 0 Å². The summed E-state index contributed by atoms with van der Waals surface area (Å²) in [6.07, 6.45) is 3.30. The van der Waals surface area contributed by atoms with Crippen molar-refractivity contribution in [3.8, 4) is 0 Å². The lowest BCUT2D eigenvalue weighted by Gasteiger charge is -2.51. The third-order valence-corrected chi connectivity index (χ3v) is 7.15. The van der Waals surface area contributed by atoms with Gasteiger partial charge in [-0.3, -0.25) is 0 Å². The van der Waals surface area contributed by atoms with E-state index >= 15 is 0 Å². The lowest BCUT2D eigenvalue weighted by atomic mass is 9.79. The first kappa shape index (κ1) is 11.4. The second-order valence-electron chi connectivity index (χ2n) is 4.16. The van der Waals surface area contributed by atoms with Crippen LogP contribution in [0.5, 0.6) is 0 Å². The molecule has 2 aliphatic rings. The lowest BCUT2D eigenvalue weighted by molar-refractivity contribution is 0.0675. The number of nitrogens with zero attached hydrogens (tertiary/aromatic N) is 1. The molecule has 2 fully saturated rings. The van der Waals surface area contributed by atoms with Crippen molar-refractivity contribution in [1.82, 2.24) is 4.31 Å². The van der Waals surface area contributed by atoms with E-state index < -0.39 is 10.0 Å². The smallest absolute Gasteiger partial charge is 0.211 e. The van der Waals surface area contributed by atoms with Crippen molar-refractivity contribution in [2.24, 2.45) is 5.92 Å². The molecule has 2 rings (SSSR count). The molecular formula is C8H13Br2NO2S. The Morgan fingerprint density at radius 3 is 2.36 bits per heavy atom. The minimum atomic E-state index is -2.98. The van der Waals surface area contributed by atoms with Crippen molar-refractivity contribution < 1.29 is 8.42 Å². The third-order valence-electron chi connectivity index (χ3n) is 3.14. The van der Waals surface area contributed by atoms with Gasteiger partial charge in [-0.1, -0.05) is 31.9 Å². The van der Waals surface area contributed by atoms with Crippen molar-refractivity contribution in [3.05, 3.63) is 0 Å². The molecule has 0 aromatic rings. The van der Waals surface area contributed by atoms with Crippen molar-refractivity contribution in [2.45, 2.75) is 28.5 Å². The van der Waals surface area contributed by atoms with Crippen LogP contribution in [-0.2, 0) is 10.0 Å². The Bertz CT molecular complexity index is 332. The monoisotopic (exact) mass is 345 g/mol. The quantitative estimate of drug-likeness (QED) is 0.676. The van der Waals surface area contributed by atoms with Crippen molar-refractivity contribution in [1.29, 1.82) is 0 Å². The first-order valence-corrected chi connectivity index (χ1v) is 8.32. The van der Waals surface area contributed by atoms with Crippen LogP contribution in [0.4, 0.5) is 0 Å². The van der Waals surface area contributed by atoms with E-state index in [4.69, 9.17) is 0 Å². The SMILES string of the molecule is CS(=O)(=O)N1C[C@@H]2C[C@H](Br)[C@H](Br)C[C@@H]21. The molecular weight excluding hydrogens is 334 g/mol. The Morgan fingerprint density at radius 1 is 1.21 bits per heavy atom. The Hall–Kier alpha value is 0.870. The first-order chi connectivity index (χ1) is 6.39. The van der Waals surface area contributed by atoms with Gasteiger partial charge in [0, 0.05) is 22.2 Å². The van der Waals surface area contributed by atoms with Crippen molar-refractivity contribution in [2.75, 3.05) is 12.8 Å². The summed E-state index contributed by atoms with van der Waals surface area (Å²) in [4.78, 5) is 0.888. The number of fused-ring (bicyclic) bond motifs is 1. The predicted octanol–water partition coefficient (Wildman–Crippen LogP) is 1.57. The van der Waals surface area contributed by atoms with Gasteiger partial charge in [0.1, 0.15) is 0 Å². The highest BCUT2D eigenvalue weighted by molar-refractivity contribution is 9.12. The van der Waals surface area contributed by atoms with Crippen LogP contribution < -0.4 is 0 Å². The van der Waals surface area contributed by atoms with Gasteiger partial charge >= 0.3 is 0 Å². The molecule has 0 aromatic carbocycles. The molecule has 0 N–H and O–H groups in total. The van der Waals surface area contributed by atoms with Gasteiger partial charge in [0.25, 0.3) is 0 Å². The fourth-order valence-corrected chi connectivity index (χ4v) is 4.83.